The highest BCUT2D eigenvalue weighted by Gasteiger charge is 2.26. The topological polar surface area (TPSA) is 101 Å². The van der Waals surface area contributed by atoms with Crippen LogP contribution in [0.1, 0.15) is 42.9 Å². The zero-order chi connectivity index (χ0) is 23.4. The fraction of sp³-hybridized carbons (Fsp3) is 0.360. The van der Waals surface area contributed by atoms with Crippen molar-refractivity contribution in [2.75, 3.05) is 18.9 Å². The van der Waals surface area contributed by atoms with E-state index < -0.39 is 11.4 Å². The lowest BCUT2D eigenvalue weighted by Gasteiger charge is -2.15. The lowest BCUT2D eigenvalue weighted by molar-refractivity contribution is 0.242. The van der Waals surface area contributed by atoms with Gasteiger partial charge in [0.25, 0.3) is 0 Å². The van der Waals surface area contributed by atoms with Crippen LogP contribution >= 0.6 is 11.3 Å². The summed E-state index contributed by atoms with van der Waals surface area (Å²) in [7, 11) is 0. The Labute approximate surface area is 201 Å². The number of rotatable bonds is 9. The fourth-order valence-corrected chi connectivity index (χ4v) is 5.83. The predicted molar refractivity (Wildman–Crippen MR) is 133 cm³/mol. The average molecular weight is 482 g/mol. The highest BCUT2D eigenvalue weighted by molar-refractivity contribution is 7.89. The molecule has 2 aromatic carbocycles. The molecule has 33 heavy (non-hydrogen) atoms. The molecule has 0 bridgehead atoms. The molecule has 6 nitrogen and oxygen atoms in total. The van der Waals surface area contributed by atoms with E-state index in [-0.39, 0.29) is 18.5 Å². The molecule has 0 aliphatic heterocycles. The van der Waals surface area contributed by atoms with Gasteiger partial charge in [-0.1, -0.05) is 18.2 Å². The van der Waals surface area contributed by atoms with E-state index in [1.54, 1.807) is 11.3 Å². The maximum atomic E-state index is 11.9. The molecule has 8 heteroatoms. The van der Waals surface area contributed by atoms with E-state index in [9.17, 15) is 9.81 Å². The summed E-state index contributed by atoms with van der Waals surface area (Å²) in [5.74, 6) is 1.15. The first-order valence-electron chi connectivity index (χ1n) is 11.0. The third-order valence-corrected chi connectivity index (χ3v) is 7.76. The Balaban J connectivity index is 1.56. The van der Waals surface area contributed by atoms with Gasteiger partial charge in [-0.05, 0) is 61.6 Å². The number of hydrogen-bond acceptors (Lipinski definition) is 7. The highest BCUT2D eigenvalue weighted by atomic mass is 32.2. The van der Waals surface area contributed by atoms with Crippen LogP contribution in [-0.2, 0) is 17.8 Å². The minimum atomic E-state index is -1.20. The number of nitrogens with zero attached hydrogens (tertiary/aromatic N) is 2. The minimum absolute atomic E-state index is 0.00305. The molecule has 0 radical (unpaired) electrons. The van der Waals surface area contributed by atoms with Crippen molar-refractivity contribution in [3.63, 3.8) is 0 Å². The van der Waals surface area contributed by atoms with Crippen molar-refractivity contribution >= 4 is 22.7 Å². The van der Waals surface area contributed by atoms with Crippen LogP contribution in [0.15, 0.2) is 42.6 Å². The molecule has 0 amide bonds. The Morgan fingerprint density at radius 1 is 1.36 bits per heavy atom. The molecule has 0 saturated carbocycles. The number of nitrogens with one attached hydrogen (secondary N) is 1. The summed E-state index contributed by atoms with van der Waals surface area (Å²) < 4.78 is 20.6. The van der Waals surface area contributed by atoms with Gasteiger partial charge in [-0.2, -0.15) is 5.26 Å². The monoisotopic (exact) mass is 481 g/mol. The van der Waals surface area contributed by atoms with Crippen molar-refractivity contribution in [3.8, 4) is 32.8 Å². The maximum Gasteiger partial charge on any atom is 0.148 e. The molecule has 4 rings (SSSR count). The van der Waals surface area contributed by atoms with Crippen LogP contribution in [-0.4, -0.2) is 39.7 Å². The third kappa shape index (κ3) is 5.40. The van der Waals surface area contributed by atoms with Gasteiger partial charge in [0, 0.05) is 35.6 Å². The van der Waals surface area contributed by atoms with Crippen LogP contribution in [0.4, 0.5) is 0 Å². The van der Waals surface area contributed by atoms with Gasteiger partial charge < -0.3 is 14.4 Å². The molecule has 0 fully saturated rings. The highest BCUT2D eigenvalue weighted by Crippen LogP contribution is 2.41. The van der Waals surface area contributed by atoms with Gasteiger partial charge in [-0.3, -0.25) is 0 Å². The van der Waals surface area contributed by atoms with Gasteiger partial charge >= 0.3 is 0 Å². The first-order chi connectivity index (χ1) is 16.0. The summed E-state index contributed by atoms with van der Waals surface area (Å²) >= 11 is 0.417. The van der Waals surface area contributed by atoms with Gasteiger partial charge in [-0.15, -0.1) is 16.1 Å². The fourth-order valence-electron chi connectivity index (χ4n) is 4.17. The van der Waals surface area contributed by atoms with Gasteiger partial charge in [0.15, 0.2) is 0 Å². The number of benzene rings is 2. The molecule has 1 heterocycles. The van der Waals surface area contributed by atoms with E-state index in [2.05, 4.69) is 34.0 Å². The number of aromatic nitrogens is 1. The van der Waals surface area contributed by atoms with Gasteiger partial charge in [0.1, 0.15) is 22.6 Å². The first-order valence-corrected chi connectivity index (χ1v) is 13.2. The minimum Gasteiger partial charge on any atom is -0.598 e. The quantitative estimate of drug-likeness (QED) is 0.439. The summed E-state index contributed by atoms with van der Waals surface area (Å²) in [6.07, 6.45) is 3.88. The summed E-state index contributed by atoms with van der Waals surface area (Å²) in [6.45, 7) is 4.44. The first kappa shape index (κ1) is 23.7. The van der Waals surface area contributed by atoms with Gasteiger partial charge in [0.05, 0.1) is 23.2 Å². The van der Waals surface area contributed by atoms with Crippen LogP contribution in [0.5, 0.6) is 5.75 Å². The normalized spacial score (nSPS) is 15.9. The van der Waals surface area contributed by atoms with Crippen LogP contribution in [0.25, 0.3) is 21.0 Å². The SMILES string of the molecule is CC(C)Oc1ccc(-c2ncc(-c3cccc4c3CCC4CN[S+]([O-])CCO)s2)cc1C#N. The summed E-state index contributed by atoms with van der Waals surface area (Å²) in [4.78, 5) is 5.74. The van der Waals surface area contributed by atoms with Gasteiger partial charge in [-0.25, -0.2) is 4.98 Å². The Morgan fingerprint density at radius 3 is 2.97 bits per heavy atom. The number of thiazole rings is 1. The molecule has 172 valence electrons. The standard InChI is InChI=1S/C25H27N3O3S2/c1-16(2)31-23-9-7-17(12-19(23)13-26)25-27-15-24(32-25)22-5-3-4-20-18(6-8-21(20)22)14-28-33(30)11-10-29/h3-5,7,9,12,15-16,18,28-29H,6,8,10-11,14H2,1-2H3. The van der Waals surface area contributed by atoms with Crippen molar-refractivity contribution in [2.24, 2.45) is 0 Å². The molecular weight excluding hydrogens is 454 g/mol. The Hall–Kier alpha value is -2.41. The Morgan fingerprint density at radius 2 is 2.21 bits per heavy atom. The second kappa shape index (κ2) is 10.7. The largest absolute Gasteiger partial charge is 0.598 e. The van der Waals surface area contributed by atoms with Crippen LogP contribution in [0, 0.1) is 11.3 Å². The lowest BCUT2D eigenvalue weighted by atomic mass is 9.98. The lowest BCUT2D eigenvalue weighted by Crippen LogP contribution is -2.31. The van der Waals surface area contributed by atoms with Crippen molar-refractivity contribution < 1.29 is 14.4 Å². The molecule has 1 aromatic heterocycles. The van der Waals surface area contributed by atoms with Crippen molar-refractivity contribution in [1.82, 2.24) is 9.71 Å². The molecule has 0 saturated heterocycles. The second-order valence-corrected chi connectivity index (χ2v) is 10.7. The Kier molecular flexibility index (Phi) is 7.68. The predicted octanol–water partition coefficient (Wildman–Crippen LogP) is 4.41. The van der Waals surface area contributed by atoms with E-state index in [1.165, 1.54) is 16.7 Å². The van der Waals surface area contributed by atoms with E-state index in [1.807, 2.05) is 38.2 Å². The third-order valence-electron chi connectivity index (χ3n) is 5.64. The van der Waals surface area contributed by atoms with Gasteiger partial charge in [0.2, 0.25) is 0 Å². The molecular formula is C25H27N3O3S2. The second-order valence-electron chi connectivity index (χ2n) is 8.25. The zero-order valence-corrected chi connectivity index (χ0v) is 20.3. The van der Waals surface area contributed by atoms with E-state index >= 15 is 0 Å². The number of fused-ring (bicyclic) bond motifs is 1. The number of aliphatic hydroxyl groups is 1. The molecule has 0 spiro atoms. The maximum absolute atomic E-state index is 11.9. The number of nitriles is 1. The average Bonchev–Trinajstić information content (AvgIpc) is 3.45. The molecule has 1 aliphatic carbocycles. The zero-order valence-electron chi connectivity index (χ0n) is 18.7. The number of ether oxygens (including phenoxy) is 1. The van der Waals surface area contributed by atoms with E-state index in [4.69, 9.17) is 9.84 Å². The van der Waals surface area contributed by atoms with Crippen molar-refractivity contribution in [2.45, 2.75) is 38.7 Å². The van der Waals surface area contributed by atoms with Crippen LogP contribution in [0.3, 0.4) is 0 Å². The summed E-state index contributed by atoms with van der Waals surface area (Å²) in [5.41, 5.74) is 5.21. The molecule has 2 N–H and O–H groups in total. The summed E-state index contributed by atoms with van der Waals surface area (Å²) in [6, 6.07) is 14.2. The van der Waals surface area contributed by atoms with Crippen LogP contribution < -0.4 is 9.46 Å². The smallest absolute Gasteiger partial charge is 0.148 e. The van der Waals surface area contributed by atoms with E-state index in [0.29, 0.717) is 23.8 Å². The van der Waals surface area contributed by atoms with E-state index in [0.717, 1.165) is 28.3 Å². The Bertz CT molecular complexity index is 1160. The van der Waals surface area contributed by atoms with Crippen molar-refractivity contribution in [1.29, 1.82) is 5.26 Å². The molecule has 1 aliphatic rings. The molecule has 2 atom stereocenters. The summed E-state index contributed by atoms with van der Waals surface area (Å²) in [5, 5.41) is 19.4. The van der Waals surface area contributed by atoms with Crippen molar-refractivity contribution in [3.05, 3.63) is 59.3 Å². The number of aliphatic hydroxyl groups excluding tert-OH is 1. The van der Waals surface area contributed by atoms with Crippen LogP contribution in [0.2, 0.25) is 0 Å². The molecule has 3 aromatic rings. The number of hydrogen-bond donors (Lipinski definition) is 2. The molecule has 2 unspecified atom stereocenters.